The van der Waals surface area contributed by atoms with Gasteiger partial charge in [-0.1, -0.05) is 37.6 Å². The maximum absolute atomic E-state index is 12.3. The number of carbonyl (C=O) groups is 2. The van der Waals surface area contributed by atoms with E-state index in [9.17, 15) is 9.59 Å². The minimum absolute atomic E-state index is 0.107. The molecule has 0 aliphatic heterocycles. The first-order chi connectivity index (χ1) is 12.4. The Balaban J connectivity index is 2.03. The van der Waals surface area contributed by atoms with E-state index < -0.39 is 0 Å². The minimum Gasteiger partial charge on any atom is -0.331 e. The van der Waals surface area contributed by atoms with Crippen molar-refractivity contribution < 1.29 is 9.59 Å². The van der Waals surface area contributed by atoms with Crippen LogP contribution in [0, 0.1) is 0 Å². The number of halogens is 1. The molecule has 2 amide bonds. The summed E-state index contributed by atoms with van der Waals surface area (Å²) < 4.78 is 0. The van der Waals surface area contributed by atoms with Crippen molar-refractivity contribution in [3.8, 4) is 0 Å². The number of thiocarbonyl (C=S) groups is 1. The van der Waals surface area contributed by atoms with Crippen molar-refractivity contribution in [3.63, 3.8) is 0 Å². The molecular formula is C19H20ClN3O2S. The van der Waals surface area contributed by atoms with Crippen molar-refractivity contribution in [1.82, 2.24) is 5.32 Å². The number of hydrogen-bond acceptors (Lipinski definition) is 3. The van der Waals surface area contributed by atoms with Gasteiger partial charge in [-0.2, -0.15) is 0 Å². The van der Waals surface area contributed by atoms with Crippen LogP contribution >= 0.6 is 23.8 Å². The van der Waals surface area contributed by atoms with Gasteiger partial charge < -0.3 is 10.6 Å². The number of nitrogens with one attached hydrogen (secondary N) is 3. The predicted octanol–water partition coefficient (Wildman–Crippen LogP) is 4.38. The molecular weight excluding hydrogens is 370 g/mol. The van der Waals surface area contributed by atoms with Crippen LogP contribution in [0.3, 0.4) is 0 Å². The summed E-state index contributed by atoms with van der Waals surface area (Å²) in [5, 5.41) is 8.78. The van der Waals surface area contributed by atoms with Crippen LogP contribution in [0.2, 0.25) is 5.02 Å². The molecule has 0 saturated heterocycles. The largest absolute Gasteiger partial charge is 0.331 e. The first-order valence-corrected chi connectivity index (χ1v) is 9.02. The topological polar surface area (TPSA) is 70.2 Å². The highest BCUT2D eigenvalue weighted by molar-refractivity contribution is 7.80. The first-order valence-electron chi connectivity index (χ1n) is 8.23. The van der Waals surface area contributed by atoms with E-state index in [1.165, 1.54) is 0 Å². The molecule has 0 bridgehead atoms. The third kappa shape index (κ3) is 5.54. The normalized spacial score (nSPS) is 10.1. The maximum atomic E-state index is 12.3. The summed E-state index contributed by atoms with van der Waals surface area (Å²) in [7, 11) is 0. The zero-order valence-corrected chi connectivity index (χ0v) is 16.1. The minimum atomic E-state index is -0.309. The van der Waals surface area contributed by atoms with Gasteiger partial charge in [0.05, 0.1) is 10.7 Å². The highest BCUT2D eigenvalue weighted by atomic mass is 35.5. The second-order valence-corrected chi connectivity index (χ2v) is 6.37. The highest BCUT2D eigenvalue weighted by Crippen LogP contribution is 2.25. The van der Waals surface area contributed by atoms with E-state index in [0.717, 1.165) is 12.0 Å². The van der Waals surface area contributed by atoms with Crippen molar-refractivity contribution in [3.05, 3.63) is 58.6 Å². The number of aryl methyl sites for hydroxylation is 1. The molecule has 0 aliphatic rings. The molecule has 2 aromatic rings. The number of anilines is 2. The van der Waals surface area contributed by atoms with Crippen LogP contribution in [0.5, 0.6) is 0 Å². The fourth-order valence-electron chi connectivity index (χ4n) is 2.17. The summed E-state index contributed by atoms with van der Waals surface area (Å²) in [4.78, 5) is 23.8. The summed E-state index contributed by atoms with van der Waals surface area (Å²) in [5.41, 5.74) is 2.75. The molecule has 0 aromatic heterocycles. The number of carbonyl (C=O) groups excluding carboxylic acids is 2. The van der Waals surface area contributed by atoms with Gasteiger partial charge in [-0.25, -0.2) is 0 Å². The van der Waals surface area contributed by atoms with Gasteiger partial charge in [-0.3, -0.25) is 14.9 Å². The lowest BCUT2D eigenvalue weighted by atomic mass is 10.1. The Hall–Kier alpha value is -2.44. The second kappa shape index (κ2) is 9.31. The number of rotatable bonds is 5. The van der Waals surface area contributed by atoms with Gasteiger partial charge in [-0.15, -0.1) is 0 Å². The summed E-state index contributed by atoms with van der Waals surface area (Å²) in [5.74, 6) is -0.415. The van der Waals surface area contributed by atoms with E-state index in [1.54, 1.807) is 37.3 Å². The van der Waals surface area contributed by atoms with Gasteiger partial charge >= 0.3 is 0 Å². The van der Waals surface area contributed by atoms with Gasteiger partial charge in [-0.05, 0) is 54.5 Å². The molecule has 0 atom stereocenters. The Morgan fingerprint density at radius 3 is 2.35 bits per heavy atom. The van der Waals surface area contributed by atoms with E-state index in [-0.39, 0.29) is 16.9 Å². The van der Waals surface area contributed by atoms with Crippen molar-refractivity contribution in [1.29, 1.82) is 0 Å². The summed E-state index contributed by atoms with van der Waals surface area (Å²) >= 11 is 11.3. The molecule has 7 heteroatoms. The third-order valence-corrected chi connectivity index (χ3v) is 4.20. The monoisotopic (exact) mass is 389 g/mol. The Bertz CT molecular complexity index is 822. The van der Waals surface area contributed by atoms with Gasteiger partial charge in [0, 0.05) is 17.7 Å². The van der Waals surface area contributed by atoms with Crippen molar-refractivity contribution in [2.45, 2.75) is 26.7 Å². The number of benzene rings is 2. The zero-order valence-electron chi connectivity index (χ0n) is 14.6. The molecule has 2 rings (SSSR count). The lowest BCUT2D eigenvalue weighted by molar-refractivity contribution is -0.115. The Morgan fingerprint density at radius 2 is 1.73 bits per heavy atom. The molecule has 136 valence electrons. The van der Waals surface area contributed by atoms with E-state index in [0.29, 0.717) is 28.4 Å². The molecule has 0 radical (unpaired) electrons. The maximum Gasteiger partial charge on any atom is 0.257 e. The van der Waals surface area contributed by atoms with Crippen LogP contribution in [0.25, 0.3) is 0 Å². The lowest BCUT2D eigenvalue weighted by Gasteiger charge is -2.13. The van der Waals surface area contributed by atoms with Gasteiger partial charge in [0.1, 0.15) is 0 Å². The molecule has 26 heavy (non-hydrogen) atoms. The van der Waals surface area contributed by atoms with Gasteiger partial charge in [0.25, 0.3) is 5.91 Å². The molecule has 5 nitrogen and oxygen atoms in total. The molecule has 0 heterocycles. The van der Waals surface area contributed by atoms with E-state index in [1.807, 2.05) is 12.1 Å². The SMILES string of the molecule is CCC(=O)Nc1ccc(Cl)c(NC(=S)NC(=O)c2ccc(CC)cc2)c1. The van der Waals surface area contributed by atoms with E-state index in [4.69, 9.17) is 23.8 Å². The smallest absolute Gasteiger partial charge is 0.257 e. The molecule has 0 aliphatic carbocycles. The lowest BCUT2D eigenvalue weighted by Crippen LogP contribution is -2.34. The Kier molecular flexibility index (Phi) is 7.12. The predicted molar refractivity (Wildman–Crippen MR) is 110 cm³/mol. The zero-order chi connectivity index (χ0) is 19.1. The van der Waals surface area contributed by atoms with Crippen molar-refractivity contribution in [2.75, 3.05) is 10.6 Å². The standard InChI is InChI=1S/C19H20ClN3O2S/c1-3-12-5-7-13(8-6-12)18(25)23-19(26)22-16-11-14(9-10-15(16)20)21-17(24)4-2/h5-11H,3-4H2,1-2H3,(H,21,24)(H2,22,23,25,26). The molecule has 0 saturated carbocycles. The van der Waals surface area contributed by atoms with Gasteiger partial charge in [0.15, 0.2) is 5.11 Å². The molecule has 0 fully saturated rings. The van der Waals surface area contributed by atoms with Crippen LogP contribution in [0.15, 0.2) is 42.5 Å². The highest BCUT2D eigenvalue weighted by Gasteiger charge is 2.10. The molecule has 3 N–H and O–H groups in total. The fraction of sp³-hybridized carbons (Fsp3) is 0.211. The average Bonchev–Trinajstić information content (AvgIpc) is 2.64. The van der Waals surface area contributed by atoms with E-state index in [2.05, 4.69) is 22.9 Å². The van der Waals surface area contributed by atoms with Crippen LogP contribution in [0.1, 0.15) is 36.2 Å². The summed E-state index contributed by atoms with van der Waals surface area (Å²) in [6, 6.07) is 12.3. The molecule has 0 unspecified atom stereocenters. The quantitative estimate of drug-likeness (QED) is 0.664. The Morgan fingerprint density at radius 1 is 1.04 bits per heavy atom. The molecule has 0 spiro atoms. The van der Waals surface area contributed by atoms with Crippen molar-refractivity contribution in [2.24, 2.45) is 0 Å². The Labute approximate surface area is 163 Å². The van der Waals surface area contributed by atoms with Crippen LogP contribution in [-0.2, 0) is 11.2 Å². The van der Waals surface area contributed by atoms with Crippen LogP contribution in [-0.4, -0.2) is 16.9 Å². The average molecular weight is 390 g/mol. The summed E-state index contributed by atoms with van der Waals surface area (Å²) in [6.07, 6.45) is 1.28. The molecule has 2 aromatic carbocycles. The van der Waals surface area contributed by atoms with Crippen LogP contribution < -0.4 is 16.0 Å². The van der Waals surface area contributed by atoms with E-state index >= 15 is 0 Å². The second-order valence-electron chi connectivity index (χ2n) is 5.56. The third-order valence-electron chi connectivity index (χ3n) is 3.67. The van der Waals surface area contributed by atoms with Crippen molar-refractivity contribution >= 4 is 52.1 Å². The number of hydrogen-bond donors (Lipinski definition) is 3. The van der Waals surface area contributed by atoms with Crippen LogP contribution in [0.4, 0.5) is 11.4 Å². The fourth-order valence-corrected chi connectivity index (χ4v) is 2.54. The van der Waals surface area contributed by atoms with Gasteiger partial charge in [0.2, 0.25) is 5.91 Å². The summed E-state index contributed by atoms with van der Waals surface area (Å²) in [6.45, 7) is 3.82. The first kappa shape index (κ1) is 19.9. The number of amides is 2.